The number of methoxy groups -OCH3 is 1. The maximum Gasteiger partial charge on any atom is 0.277 e. The summed E-state index contributed by atoms with van der Waals surface area (Å²) in [6, 6.07) is 11.1. The van der Waals surface area contributed by atoms with Gasteiger partial charge in [0, 0.05) is 10.6 Å². The summed E-state index contributed by atoms with van der Waals surface area (Å²) in [4.78, 5) is 11.7. The van der Waals surface area contributed by atoms with Crippen molar-refractivity contribution in [3.8, 4) is 11.5 Å². The van der Waals surface area contributed by atoms with E-state index in [-0.39, 0.29) is 12.4 Å². The average molecular weight is 351 g/mol. The van der Waals surface area contributed by atoms with Crippen LogP contribution in [0.15, 0.2) is 47.6 Å². The lowest BCUT2D eigenvalue weighted by Gasteiger charge is -2.07. The number of amides is 1. The second-order valence-corrected chi connectivity index (χ2v) is 5.26. The fourth-order valence-corrected chi connectivity index (χ4v) is 1.94. The summed E-state index contributed by atoms with van der Waals surface area (Å²) in [6.07, 6.45) is 0. The van der Waals surface area contributed by atoms with Gasteiger partial charge in [-0.25, -0.2) is 9.82 Å². The quantitative estimate of drug-likeness (QED) is 0.641. The maximum atomic E-state index is 13.6. The zero-order valence-corrected chi connectivity index (χ0v) is 13.9. The Labute approximate surface area is 144 Å². The van der Waals surface area contributed by atoms with Crippen LogP contribution < -0.4 is 14.9 Å². The van der Waals surface area contributed by atoms with E-state index >= 15 is 0 Å². The molecule has 1 amide bonds. The minimum absolute atomic E-state index is 0.145. The van der Waals surface area contributed by atoms with Gasteiger partial charge >= 0.3 is 0 Å². The molecule has 7 heteroatoms. The number of halogens is 2. The van der Waals surface area contributed by atoms with E-state index in [0.717, 1.165) is 0 Å². The Hall–Kier alpha value is -2.60. The molecule has 0 saturated carbocycles. The predicted octanol–water partition coefficient (Wildman–Crippen LogP) is 3.41. The van der Waals surface area contributed by atoms with Crippen molar-refractivity contribution in [2.75, 3.05) is 13.7 Å². The molecule has 0 unspecified atom stereocenters. The highest BCUT2D eigenvalue weighted by Gasteiger charge is 2.07. The van der Waals surface area contributed by atoms with E-state index in [1.54, 1.807) is 37.3 Å². The van der Waals surface area contributed by atoms with Gasteiger partial charge < -0.3 is 9.47 Å². The van der Waals surface area contributed by atoms with Crippen molar-refractivity contribution < 1.29 is 18.7 Å². The lowest BCUT2D eigenvalue weighted by atomic mass is 10.1. The van der Waals surface area contributed by atoms with Crippen LogP contribution in [0.4, 0.5) is 4.39 Å². The normalized spacial score (nSPS) is 11.1. The van der Waals surface area contributed by atoms with Crippen LogP contribution in [-0.4, -0.2) is 25.3 Å². The van der Waals surface area contributed by atoms with Gasteiger partial charge in [0.1, 0.15) is 5.75 Å². The van der Waals surface area contributed by atoms with Crippen LogP contribution >= 0.6 is 11.6 Å². The number of benzene rings is 2. The van der Waals surface area contributed by atoms with Crippen LogP contribution in [0.2, 0.25) is 5.02 Å². The molecule has 126 valence electrons. The lowest BCUT2D eigenvalue weighted by molar-refractivity contribution is -0.123. The molecular weight excluding hydrogens is 335 g/mol. The van der Waals surface area contributed by atoms with E-state index in [2.05, 4.69) is 10.5 Å². The van der Waals surface area contributed by atoms with Gasteiger partial charge in [-0.05, 0) is 49.4 Å². The van der Waals surface area contributed by atoms with Gasteiger partial charge in [-0.1, -0.05) is 11.6 Å². The summed E-state index contributed by atoms with van der Waals surface area (Å²) < 4.78 is 23.8. The van der Waals surface area contributed by atoms with Crippen LogP contribution in [-0.2, 0) is 4.79 Å². The maximum absolute atomic E-state index is 13.6. The van der Waals surface area contributed by atoms with Crippen LogP contribution in [0.3, 0.4) is 0 Å². The fraction of sp³-hybridized carbons (Fsp3) is 0.176. The van der Waals surface area contributed by atoms with E-state index < -0.39 is 11.7 Å². The molecule has 5 nitrogen and oxygen atoms in total. The molecule has 0 saturated heterocycles. The summed E-state index contributed by atoms with van der Waals surface area (Å²) in [5.74, 6) is -0.264. The second-order valence-electron chi connectivity index (χ2n) is 4.82. The number of hydrogen-bond acceptors (Lipinski definition) is 4. The molecule has 0 aromatic heterocycles. The number of hydrazone groups is 1. The first-order chi connectivity index (χ1) is 11.5. The van der Waals surface area contributed by atoms with Crippen molar-refractivity contribution in [2.24, 2.45) is 5.10 Å². The van der Waals surface area contributed by atoms with E-state index in [1.807, 2.05) is 0 Å². The molecule has 0 heterocycles. The Balaban J connectivity index is 1.90. The van der Waals surface area contributed by atoms with Crippen LogP contribution in [0.25, 0.3) is 0 Å². The SMILES string of the molecule is COc1ccc(/C(C)=N\NC(=O)COc2ccc(Cl)cc2)cc1F. The molecule has 2 aromatic rings. The highest BCUT2D eigenvalue weighted by atomic mass is 35.5. The number of nitrogens with zero attached hydrogens (tertiary/aromatic N) is 1. The average Bonchev–Trinajstić information content (AvgIpc) is 2.59. The van der Waals surface area contributed by atoms with Gasteiger partial charge in [0.2, 0.25) is 0 Å². The van der Waals surface area contributed by atoms with Crippen molar-refractivity contribution in [3.63, 3.8) is 0 Å². The number of ether oxygens (including phenoxy) is 2. The Kier molecular flexibility index (Phi) is 6.14. The summed E-state index contributed by atoms with van der Waals surface area (Å²) in [5.41, 5.74) is 3.34. The first-order valence-corrected chi connectivity index (χ1v) is 7.43. The molecule has 2 aromatic carbocycles. The molecule has 0 fully saturated rings. The molecule has 0 aliphatic rings. The predicted molar refractivity (Wildman–Crippen MR) is 90.3 cm³/mol. The summed E-state index contributed by atoms with van der Waals surface area (Å²) in [6.45, 7) is 1.46. The van der Waals surface area contributed by atoms with Crippen molar-refractivity contribution in [3.05, 3.63) is 58.9 Å². The minimum atomic E-state index is -0.498. The van der Waals surface area contributed by atoms with E-state index in [9.17, 15) is 9.18 Å². The van der Waals surface area contributed by atoms with Crippen molar-refractivity contribution in [1.82, 2.24) is 5.43 Å². The van der Waals surface area contributed by atoms with Crippen molar-refractivity contribution >= 4 is 23.2 Å². The Bertz CT molecular complexity index is 748. The van der Waals surface area contributed by atoms with Gasteiger partial charge in [-0.3, -0.25) is 4.79 Å². The molecule has 0 aliphatic carbocycles. The molecule has 0 aliphatic heterocycles. The number of rotatable bonds is 6. The zero-order valence-electron chi connectivity index (χ0n) is 13.2. The molecular formula is C17H16ClFN2O3. The van der Waals surface area contributed by atoms with Crippen LogP contribution in [0.1, 0.15) is 12.5 Å². The lowest BCUT2D eigenvalue weighted by Crippen LogP contribution is -2.25. The molecule has 2 rings (SSSR count). The summed E-state index contributed by atoms with van der Waals surface area (Å²) in [5, 5.41) is 4.51. The number of carbonyl (C=O) groups is 1. The van der Waals surface area contributed by atoms with E-state index in [0.29, 0.717) is 22.0 Å². The molecule has 0 spiro atoms. The molecule has 24 heavy (non-hydrogen) atoms. The van der Waals surface area contributed by atoms with Gasteiger partial charge in [0.25, 0.3) is 5.91 Å². The van der Waals surface area contributed by atoms with Crippen LogP contribution in [0, 0.1) is 5.82 Å². The summed E-state index contributed by atoms with van der Waals surface area (Å²) in [7, 11) is 1.39. The van der Waals surface area contributed by atoms with Gasteiger partial charge in [-0.2, -0.15) is 5.10 Å². The zero-order chi connectivity index (χ0) is 17.5. The van der Waals surface area contributed by atoms with E-state index in [1.165, 1.54) is 19.2 Å². The summed E-state index contributed by atoms with van der Waals surface area (Å²) >= 11 is 5.76. The highest BCUT2D eigenvalue weighted by Crippen LogP contribution is 2.18. The smallest absolute Gasteiger partial charge is 0.277 e. The fourth-order valence-electron chi connectivity index (χ4n) is 1.81. The van der Waals surface area contributed by atoms with Gasteiger partial charge in [0.15, 0.2) is 18.2 Å². The monoisotopic (exact) mass is 350 g/mol. The third-order valence-corrected chi connectivity index (χ3v) is 3.35. The Morgan fingerprint density at radius 3 is 2.58 bits per heavy atom. The highest BCUT2D eigenvalue weighted by molar-refractivity contribution is 6.30. The van der Waals surface area contributed by atoms with Crippen LogP contribution in [0.5, 0.6) is 11.5 Å². The number of hydrogen-bond donors (Lipinski definition) is 1. The third-order valence-electron chi connectivity index (χ3n) is 3.10. The van der Waals surface area contributed by atoms with Gasteiger partial charge in [-0.15, -0.1) is 0 Å². The molecule has 0 radical (unpaired) electrons. The molecule has 0 bridgehead atoms. The standard InChI is InChI=1S/C17H16ClFN2O3/c1-11(12-3-8-16(23-2)15(19)9-12)20-21-17(22)10-24-14-6-4-13(18)5-7-14/h3-9H,10H2,1-2H3,(H,21,22)/b20-11-. The topological polar surface area (TPSA) is 59.9 Å². The number of carbonyl (C=O) groups excluding carboxylic acids is 1. The number of nitrogens with one attached hydrogen (secondary N) is 1. The molecule has 0 atom stereocenters. The second kappa shape index (κ2) is 8.31. The van der Waals surface area contributed by atoms with Crippen molar-refractivity contribution in [1.29, 1.82) is 0 Å². The largest absolute Gasteiger partial charge is 0.494 e. The Morgan fingerprint density at radius 2 is 1.96 bits per heavy atom. The van der Waals surface area contributed by atoms with Crippen molar-refractivity contribution in [2.45, 2.75) is 6.92 Å². The van der Waals surface area contributed by atoms with Gasteiger partial charge in [0.05, 0.1) is 12.8 Å². The first-order valence-electron chi connectivity index (χ1n) is 7.05. The van der Waals surface area contributed by atoms with E-state index in [4.69, 9.17) is 21.1 Å². The molecule has 1 N–H and O–H groups in total. The third kappa shape index (κ3) is 4.96. The Morgan fingerprint density at radius 1 is 1.25 bits per heavy atom. The first kappa shape index (κ1) is 17.7. The minimum Gasteiger partial charge on any atom is -0.494 e.